The number of aromatic hydroxyl groups is 1. The Kier molecular flexibility index (Phi) is 3.68. The standard InChI is InChI=1S/C13H15F3O2/c14-13(15,16)18-10-6-7-12(17)11(8-10)9-4-2-1-3-5-9/h6-9,17H,1-5H2. The molecule has 0 spiro atoms. The van der Waals surface area contributed by atoms with E-state index in [1.807, 2.05) is 0 Å². The molecule has 1 aromatic carbocycles. The third kappa shape index (κ3) is 3.31. The molecule has 1 saturated carbocycles. The van der Waals surface area contributed by atoms with E-state index in [2.05, 4.69) is 4.74 Å². The number of alkyl halides is 3. The molecular weight excluding hydrogens is 245 g/mol. The molecule has 0 aliphatic heterocycles. The zero-order valence-electron chi connectivity index (χ0n) is 9.83. The summed E-state index contributed by atoms with van der Waals surface area (Å²) in [5.74, 6) is -0.0761. The fraction of sp³-hybridized carbons (Fsp3) is 0.538. The van der Waals surface area contributed by atoms with Gasteiger partial charge in [-0.2, -0.15) is 0 Å². The summed E-state index contributed by atoms with van der Waals surface area (Å²) in [6, 6.07) is 3.71. The van der Waals surface area contributed by atoms with Gasteiger partial charge in [-0.1, -0.05) is 19.3 Å². The van der Waals surface area contributed by atoms with Gasteiger partial charge in [0.25, 0.3) is 0 Å². The number of hydrogen-bond acceptors (Lipinski definition) is 2. The van der Waals surface area contributed by atoms with Crippen LogP contribution in [-0.2, 0) is 0 Å². The summed E-state index contributed by atoms with van der Waals surface area (Å²) in [6.45, 7) is 0. The summed E-state index contributed by atoms with van der Waals surface area (Å²) < 4.78 is 40.3. The largest absolute Gasteiger partial charge is 0.573 e. The van der Waals surface area contributed by atoms with E-state index in [0.29, 0.717) is 5.56 Å². The first kappa shape index (κ1) is 13.1. The summed E-state index contributed by atoms with van der Waals surface area (Å²) in [4.78, 5) is 0. The van der Waals surface area contributed by atoms with Crippen LogP contribution in [0.3, 0.4) is 0 Å². The van der Waals surface area contributed by atoms with Crippen LogP contribution in [0.5, 0.6) is 11.5 Å². The van der Waals surface area contributed by atoms with E-state index in [1.165, 1.54) is 12.1 Å². The first-order valence-electron chi connectivity index (χ1n) is 6.04. The molecule has 1 fully saturated rings. The van der Waals surface area contributed by atoms with Gasteiger partial charge < -0.3 is 9.84 Å². The van der Waals surface area contributed by atoms with Crippen LogP contribution in [0.25, 0.3) is 0 Å². The summed E-state index contributed by atoms with van der Waals surface area (Å²) >= 11 is 0. The van der Waals surface area contributed by atoms with Crippen molar-refractivity contribution in [3.63, 3.8) is 0 Å². The van der Waals surface area contributed by atoms with Crippen LogP contribution in [0.2, 0.25) is 0 Å². The zero-order valence-corrected chi connectivity index (χ0v) is 9.83. The van der Waals surface area contributed by atoms with Crippen LogP contribution in [-0.4, -0.2) is 11.5 Å². The number of halogens is 3. The fourth-order valence-corrected chi connectivity index (χ4v) is 2.47. The van der Waals surface area contributed by atoms with Gasteiger partial charge in [-0.3, -0.25) is 0 Å². The van der Waals surface area contributed by atoms with Crippen LogP contribution < -0.4 is 4.74 Å². The predicted octanol–water partition coefficient (Wildman–Crippen LogP) is 4.34. The van der Waals surface area contributed by atoms with E-state index in [-0.39, 0.29) is 17.4 Å². The van der Waals surface area contributed by atoms with Crippen molar-refractivity contribution in [3.05, 3.63) is 23.8 Å². The third-order valence-electron chi connectivity index (χ3n) is 3.28. The predicted molar refractivity (Wildman–Crippen MR) is 60.6 cm³/mol. The SMILES string of the molecule is Oc1ccc(OC(F)(F)F)cc1C1CCCCC1. The molecule has 0 unspecified atom stereocenters. The van der Waals surface area contributed by atoms with Crippen molar-refractivity contribution >= 4 is 0 Å². The Balaban J connectivity index is 2.20. The molecule has 2 nitrogen and oxygen atoms in total. The van der Waals surface area contributed by atoms with Gasteiger partial charge in [-0.15, -0.1) is 13.2 Å². The molecular formula is C13H15F3O2. The van der Waals surface area contributed by atoms with Crippen LogP contribution in [0.4, 0.5) is 13.2 Å². The van der Waals surface area contributed by atoms with Gasteiger partial charge in [0.15, 0.2) is 0 Å². The summed E-state index contributed by atoms with van der Waals surface area (Å²) in [5.41, 5.74) is 0.566. The number of phenolic OH excluding ortho intramolecular Hbond substituents is 1. The van der Waals surface area contributed by atoms with Crippen molar-refractivity contribution < 1.29 is 23.0 Å². The molecule has 1 N–H and O–H groups in total. The lowest BCUT2D eigenvalue weighted by molar-refractivity contribution is -0.274. The normalized spacial score (nSPS) is 17.7. The van der Waals surface area contributed by atoms with Crippen LogP contribution >= 0.6 is 0 Å². The smallest absolute Gasteiger partial charge is 0.508 e. The molecule has 0 radical (unpaired) electrons. The summed E-state index contributed by atoms with van der Waals surface area (Å²) in [5, 5.41) is 9.75. The van der Waals surface area contributed by atoms with Crippen LogP contribution in [0.15, 0.2) is 18.2 Å². The lowest BCUT2D eigenvalue weighted by Gasteiger charge is -2.23. The fourth-order valence-electron chi connectivity index (χ4n) is 2.47. The molecule has 0 heterocycles. The first-order valence-corrected chi connectivity index (χ1v) is 6.04. The number of rotatable bonds is 2. The van der Waals surface area contributed by atoms with Crippen molar-refractivity contribution in [3.8, 4) is 11.5 Å². The molecule has 0 amide bonds. The van der Waals surface area contributed by atoms with Gasteiger partial charge in [-0.25, -0.2) is 0 Å². The molecule has 5 heteroatoms. The number of ether oxygens (including phenoxy) is 1. The third-order valence-corrected chi connectivity index (χ3v) is 3.28. The Morgan fingerprint density at radius 2 is 1.78 bits per heavy atom. The zero-order chi connectivity index (χ0) is 13.2. The van der Waals surface area contributed by atoms with Gasteiger partial charge in [-0.05, 0) is 37.0 Å². The van der Waals surface area contributed by atoms with E-state index >= 15 is 0 Å². The average molecular weight is 260 g/mol. The molecule has 2 rings (SSSR count). The topological polar surface area (TPSA) is 29.5 Å². The molecule has 1 aliphatic rings. The summed E-state index contributed by atoms with van der Waals surface area (Å²) in [7, 11) is 0. The Morgan fingerprint density at radius 1 is 1.11 bits per heavy atom. The molecule has 1 aliphatic carbocycles. The van der Waals surface area contributed by atoms with Crippen molar-refractivity contribution in [1.29, 1.82) is 0 Å². The van der Waals surface area contributed by atoms with E-state index in [4.69, 9.17) is 0 Å². The highest BCUT2D eigenvalue weighted by atomic mass is 19.4. The van der Waals surface area contributed by atoms with Crippen LogP contribution in [0, 0.1) is 0 Å². The minimum Gasteiger partial charge on any atom is -0.508 e. The summed E-state index contributed by atoms with van der Waals surface area (Å²) in [6.07, 6.45) is 0.367. The van der Waals surface area contributed by atoms with Crippen molar-refractivity contribution in [2.45, 2.75) is 44.4 Å². The second-order valence-electron chi connectivity index (χ2n) is 4.60. The highest BCUT2D eigenvalue weighted by molar-refractivity contribution is 5.41. The second-order valence-corrected chi connectivity index (χ2v) is 4.60. The quantitative estimate of drug-likeness (QED) is 0.857. The lowest BCUT2D eigenvalue weighted by atomic mass is 9.83. The van der Waals surface area contributed by atoms with Crippen molar-refractivity contribution in [1.82, 2.24) is 0 Å². The second kappa shape index (κ2) is 5.08. The monoisotopic (exact) mass is 260 g/mol. The Bertz CT molecular complexity index is 409. The van der Waals surface area contributed by atoms with E-state index < -0.39 is 6.36 Å². The lowest BCUT2D eigenvalue weighted by Crippen LogP contribution is -2.17. The van der Waals surface area contributed by atoms with Gasteiger partial charge in [0.05, 0.1) is 0 Å². The molecule has 0 atom stereocenters. The maximum absolute atomic E-state index is 12.1. The van der Waals surface area contributed by atoms with Gasteiger partial charge in [0.2, 0.25) is 0 Å². The molecule has 1 aromatic rings. The Morgan fingerprint density at radius 3 is 2.39 bits per heavy atom. The minimum absolute atomic E-state index is 0.0522. The van der Waals surface area contributed by atoms with E-state index in [0.717, 1.165) is 38.2 Å². The first-order chi connectivity index (χ1) is 8.46. The Hall–Kier alpha value is -1.39. The highest BCUT2D eigenvalue weighted by Crippen LogP contribution is 2.39. The van der Waals surface area contributed by atoms with Gasteiger partial charge in [0.1, 0.15) is 11.5 Å². The number of benzene rings is 1. The van der Waals surface area contributed by atoms with Crippen LogP contribution in [0.1, 0.15) is 43.6 Å². The molecule has 0 bridgehead atoms. The molecule has 18 heavy (non-hydrogen) atoms. The maximum atomic E-state index is 12.1. The minimum atomic E-state index is -4.69. The van der Waals surface area contributed by atoms with Crippen molar-refractivity contribution in [2.24, 2.45) is 0 Å². The van der Waals surface area contributed by atoms with Gasteiger partial charge >= 0.3 is 6.36 Å². The van der Waals surface area contributed by atoms with E-state index in [1.54, 1.807) is 0 Å². The van der Waals surface area contributed by atoms with E-state index in [9.17, 15) is 18.3 Å². The highest BCUT2D eigenvalue weighted by Gasteiger charge is 2.31. The number of phenols is 1. The molecule has 0 saturated heterocycles. The number of hydrogen-bond donors (Lipinski definition) is 1. The van der Waals surface area contributed by atoms with Crippen molar-refractivity contribution in [2.75, 3.05) is 0 Å². The maximum Gasteiger partial charge on any atom is 0.573 e. The average Bonchev–Trinajstić information content (AvgIpc) is 2.31. The molecule has 0 aromatic heterocycles. The Labute approximate surface area is 103 Å². The van der Waals surface area contributed by atoms with Gasteiger partial charge in [0, 0.05) is 5.56 Å². The molecule has 100 valence electrons.